The molecule has 220 valence electrons. The number of amides is 2. The maximum Gasteiger partial charge on any atom is 0.427 e. The van der Waals surface area contributed by atoms with Gasteiger partial charge in [-0.15, -0.1) is 0 Å². The predicted molar refractivity (Wildman–Crippen MR) is 159 cm³/mol. The molecule has 10 heteroatoms. The van der Waals surface area contributed by atoms with Crippen LogP contribution < -0.4 is 10.7 Å². The first-order chi connectivity index (χ1) is 19.4. The number of rotatable bonds is 8. The second-order valence-corrected chi connectivity index (χ2v) is 12.2. The Labute approximate surface area is 242 Å². The molecule has 0 radical (unpaired) electrons. The van der Waals surface area contributed by atoms with Crippen LogP contribution in [0.3, 0.4) is 0 Å². The van der Waals surface area contributed by atoms with E-state index in [0.29, 0.717) is 25.5 Å². The highest BCUT2D eigenvalue weighted by molar-refractivity contribution is 5.82. The van der Waals surface area contributed by atoms with Gasteiger partial charge in [0.1, 0.15) is 17.0 Å². The van der Waals surface area contributed by atoms with E-state index in [1.807, 2.05) is 90.2 Å². The molecule has 1 aromatic carbocycles. The lowest BCUT2D eigenvalue weighted by Gasteiger charge is -2.34. The number of alkyl carbamates (subject to hydrolysis) is 1. The highest BCUT2D eigenvalue weighted by Crippen LogP contribution is 2.34. The summed E-state index contributed by atoms with van der Waals surface area (Å²) in [4.78, 5) is 36.8. The summed E-state index contributed by atoms with van der Waals surface area (Å²) in [6.07, 6.45) is 7.79. The molecule has 0 unspecified atom stereocenters. The van der Waals surface area contributed by atoms with Gasteiger partial charge in [0.15, 0.2) is 0 Å². The monoisotopic (exact) mass is 562 g/mol. The maximum absolute atomic E-state index is 12.8. The molecule has 2 aromatic heterocycles. The number of pyridine rings is 1. The number of aryl methyl sites for hydroxylation is 1. The Bertz CT molecular complexity index is 1390. The van der Waals surface area contributed by atoms with E-state index in [9.17, 15) is 9.59 Å². The fourth-order valence-corrected chi connectivity index (χ4v) is 4.87. The van der Waals surface area contributed by atoms with Gasteiger partial charge in [0.2, 0.25) is 0 Å². The highest BCUT2D eigenvalue weighted by Gasteiger charge is 2.29. The van der Waals surface area contributed by atoms with E-state index < -0.39 is 23.4 Å². The highest BCUT2D eigenvalue weighted by atomic mass is 16.6. The molecule has 0 bridgehead atoms. The molecule has 2 heterocycles. The van der Waals surface area contributed by atoms with E-state index in [2.05, 4.69) is 21.7 Å². The average Bonchev–Trinajstić information content (AvgIpc) is 3.22. The molecule has 1 atom stereocenters. The molecule has 0 spiro atoms. The maximum atomic E-state index is 12.8. The van der Waals surface area contributed by atoms with Gasteiger partial charge in [-0.2, -0.15) is 0 Å². The number of nitrogens with zero attached hydrogens (tertiary/aromatic N) is 4. The van der Waals surface area contributed by atoms with E-state index in [4.69, 9.17) is 19.4 Å². The third-order valence-electron chi connectivity index (χ3n) is 6.45. The number of hydrogen-bond donors (Lipinski definition) is 2. The number of para-hydroxylation sites is 2. The molecule has 10 nitrogen and oxygen atoms in total. The van der Waals surface area contributed by atoms with Crippen molar-refractivity contribution in [1.82, 2.24) is 24.9 Å². The number of nitrogens with one attached hydrogen (secondary N) is 2. The van der Waals surface area contributed by atoms with Crippen LogP contribution in [0.4, 0.5) is 9.59 Å². The molecule has 2 amide bonds. The summed E-state index contributed by atoms with van der Waals surface area (Å²) < 4.78 is 12.6. The quantitative estimate of drug-likeness (QED) is 0.330. The first kappa shape index (κ1) is 30.0. The van der Waals surface area contributed by atoms with Crippen LogP contribution in [-0.2, 0) is 22.4 Å². The van der Waals surface area contributed by atoms with Gasteiger partial charge in [-0.25, -0.2) is 24.7 Å². The van der Waals surface area contributed by atoms with Gasteiger partial charge in [0.05, 0.1) is 29.3 Å². The van der Waals surface area contributed by atoms with Gasteiger partial charge < -0.3 is 14.8 Å². The molecule has 3 aromatic rings. The lowest BCUT2D eigenvalue weighted by Crippen LogP contribution is -2.36. The second kappa shape index (κ2) is 12.7. The van der Waals surface area contributed by atoms with Crippen LogP contribution >= 0.6 is 0 Å². The number of fused-ring (bicyclic) bond motifs is 2. The predicted octanol–water partition coefficient (Wildman–Crippen LogP) is 5.87. The van der Waals surface area contributed by atoms with Crippen molar-refractivity contribution >= 4 is 23.2 Å². The van der Waals surface area contributed by atoms with Gasteiger partial charge in [0, 0.05) is 19.3 Å². The number of ether oxygens (including phenoxy) is 2. The summed E-state index contributed by atoms with van der Waals surface area (Å²) in [5.74, 6) is 0.681. The molecule has 1 aliphatic carbocycles. The minimum absolute atomic E-state index is 0.0678. The molecular formula is C31H42N6O4. The Hall–Kier alpha value is -3.92. The fourth-order valence-electron chi connectivity index (χ4n) is 4.87. The van der Waals surface area contributed by atoms with Crippen LogP contribution in [0.15, 0.2) is 54.7 Å². The molecule has 0 fully saturated rings. The standard InChI is InChI=1S/C31H42N6O4/c1-30(2,3)40-28(38)33-18-9-10-20-36(25-17-11-13-22-14-12-19-32-27(22)25)21-26-34-23-15-7-8-16-24(23)37(26)35-29(39)41-31(4,5)6/h7-10,12,14-16,19,25H,11,13,17-18,20-21H2,1-6H3,(H,33,38)(H,35,39)/b10-9-/t25-/m0/s1. The zero-order valence-corrected chi connectivity index (χ0v) is 24.9. The summed E-state index contributed by atoms with van der Waals surface area (Å²) in [5.41, 5.74) is 5.59. The first-order valence-corrected chi connectivity index (χ1v) is 14.2. The van der Waals surface area contributed by atoms with Gasteiger partial charge in [-0.05, 0) is 84.6 Å². The molecule has 0 saturated carbocycles. The van der Waals surface area contributed by atoms with Crippen LogP contribution in [-0.4, -0.2) is 56.0 Å². The molecule has 41 heavy (non-hydrogen) atoms. The molecular weight excluding hydrogens is 520 g/mol. The molecule has 1 aliphatic rings. The Balaban J connectivity index is 1.59. The largest absolute Gasteiger partial charge is 0.444 e. The van der Waals surface area contributed by atoms with E-state index in [1.165, 1.54) is 5.56 Å². The molecule has 0 saturated heterocycles. The zero-order valence-electron chi connectivity index (χ0n) is 24.9. The smallest absolute Gasteiger partial charge is 0.427 e. The number of imidazole rings is 1. The SMILES string of the molecule is CC(C)(C)OC(=O)NC/C=C\CN(Cc1nc2ccccc2n1NC(=O)OC(C)(C)C)[C@H]1CCCc2cccnc21. The summed E-state index contributed by atoms with van der Waals surface area (Å²) in [7, 11) is 0. The van der Waals surface area contributed by atoms with Gasteiger partial charge in [-0.1, -0.05) is 30.4 Å². The van der Waals surface area contributed by atoms with Crippen molar-refractivity contribution in [3.8, 4) is 0 Å². The number of aromatic nitrogens is 3. The Morgan fingerprint density at radius 3 is 2.51 bits per heavy atom. The molecule has 0 aliphatic heterocycles. The lowest BCUT2D eigenvalue weighted by molar-refractivity contribution is 0.0532. The van der Waals surface area contributed by atoms with Gasteiger partial charge in [0.25, 0.3) is 0 Å². The van der Waals surface area contributed by atoms with Crippen LogP contribution in [0, 0.1) is 0 Å². The van der Waals surface area contributed by atoms with Crippen molar-refractivity contribution < 1.29 is 19.1 Å². The normalized spacial score (nSPS) is 15.6. The Morgan fingerprint density at radius 1 is 1.02 bits per heavy atom. The molecule has 2 N–H and O–H groups in total. The third-order valence-corrected chi connectivity index (χ3v) is 6.45. The first-order valence-electron chi connectivity index (χ1n) is 14.2. The number of benzene rings is 1. The minimum Gasteiger partial charge on any atom is -0.444 e. The minimum atomic E-state index is -0.637. The average molecular weight is 563 g/mol. The fraction of sp³-hybridized carbons (Fsp3) is 0.484. The Kier molecular flexibility index (Phi) is 9.32. The van der Waals surface area contributed by atoms with E-state index in [1.54, 1.807) is 4.68 Å². The van der Waals surface area contributed by atoms with Crippen LogP contribution in [0.25, 0.3) is 11.0 Å². The van der Waals surface area contributed by atoms with E-state index >= 15 is 0 Å². The lowest BCUT2D eigenvalue weighted by atomic mass is 9.90. The topological polar surface area (TPSA) is 111 Å². The summed E-state index contributed by atoms with van der Waals surface area (Å²) in [6.45, 7) is 12.4. The van der Waals surface area contributed by atoms with Crippen molar-refractivity contribution in [2.45, 2.75) is 84.6 Å². The van der Waals surface area contributed by atoms with Gasteiger partial charge >= 0.3 is 12.2 Å². The van der Waals surface area contributed by atoms with Crippen LogP contribution in [0.5, 0.6) is 0 Å². The number of carbonyl (C=O) groups excluding carboxylic acids is 2. The van der Waals surface area contributed by atoms with Crippen molar-refractivity contribution in [3.63, 3.8) is 0 Å². The third kappa shape index (κ3) is 8.53. The van der Waals surface area contributed by atoms with Crippen molar-refractivity contribution in [2.24, 2.45) is 0 Å². The second-order valence-electron chi connectivity index (χ2n) is 12.2. The Morgan fingerprint density at radius 2 is 1.76 bits per heavy atom. The van der Waals surface area contributed by atoms with E-state index in [-0.39, 0.29) is 6.04 Å². The van der Waals surface area contributed by atoms with Crippen molar-refractivity contribution in [2.75, 3.05) is 18.5 Å². The van der Waals surface area contributed by atoms with Crippen molar-refractivity contribution in [3.05, 3.63) is 71.8 Å². The summed E-state index contributed by atoms with van der Waals surface area (Å²) >= 11 is 0. The van der Waals surface area contributed by atoms with Gasteiger partial charge in [-0.3, -0.25) is 9.88 Å². The van der Waals surface area contributed by atoms with Crippen LogP contribution in [0.2, 0.25) is 0 Å². The number of carbonyl (C=O) groups is 2. The van der Waals surface area contributed by atoms with E-state index in [0.717, 1.165) is 36.0 Å². The zero-order chi connectivity index (χ0) is 29.6. The van der Waals surface area contributed by atoms with Crippen LogP contribution in [0.1, 0.15) is 77.5 Å². The summed E-state index contributed by atoms with van der Waals surface area (Å²) in [5, 5.41) is 2.77. The number of hydrogen-bond acceptors (Lipinski definition) is 7. The van der Waals surface area contributed by atoms with Crippen molar-refractivity contribution in [1.29, 1.82) is 0 Å². The molecule has 4 rings (SSSR count). The summed E-state index contributed by atoms with van der Waals surface area (Å²) in [6, 6.07) is 11.9.